The molecule has 0 spiro atoms. The fourth-order valence-electron chi connectivity index (χ4n) is 1.44. The van der Waals surface area contributed by atoms with Gasteiger partial charge >= 0.3 is 6.03 Å². The molecule has 0 aliphatic heterocycles. The van der Waals surface area contributed by atoms with Gasteiger partial charge in [0.25, 0.3) is 5.22 Å². The zero-order valence-electron chi connectivity index (χ0n) is 11.5. The Morgan fingerprint density at radius 1 is 1.24 bits per heavy atom. The molecule has 7 nitrogen and oxygen atoms in total. The first-order valence-electron chi connectivity index (χ1n) is 6.18. The highest BCUT2D eigenvalue weighted by Crippen LogP contribution is 2.25. The number of aromatic nitrogens is 2. The van der Waals surface area contributed by atoms with E-state index in [1.165, 1.54) is 7.05 Å². The van der Waals surface area contributed by atoms with Crippen molar-refractivity contribution in [2.24, 2.45) is 0 Å². The third kappa shape index (κ3) is 4.06. The highest BCUT2D eigenvalue weighted by molar-refractivity contribution is 8.00. The molecule has 1 unspecified atom stereocenters. The predicted molar refractivity (Wildman–Crippen MR) is 77.7 cm³/mol. The van der Waals surface area contributed by atoms with Crippen LogP contribution in [-0.4, -0.2) is 34.4 Å². The van der Waals surface area contributed by atoms with E-state index in [9.17, 15) is 9.59 Å². The van der Waals surface area contributed by atoms with Crippen LogP contribution in [0.4, 0.5) is 4.79 Å². The average molecular weight is 306 g/mol. The summed E-state index contributed by atoms with van der Waals surface area (Å²) in [5.74, 6) is -0.0455. The summed E-state index contributed by atoms with van der Waals surface area (Å²) in [6.45, 7) is 1.65. The van der Waals surface area contributed by atoms with Gasteiger partial charge < -0.3 is 9.73 Å². The fourth-order valence-corrected chi connectivity index (χ4v) is 2.12. The Balaban J connectivity index is 1.99. The minimum Gasteiger partial charge on any atom is -0.411 e. The lowest BCUT2D eigenvalue weighted by Gasteiger charge is -2.07. The van der Waals surface area contributed by atoms with Crippen molar-refractivity contribution in [2.75, 3.05) is 7.05 Å². The second kappa shape index (κ2) is 6.89. The maximum absolute atomic E-state index is 11.7. The molecule has 110 valence electrons. The molecule has 0 saturated carbocycles. The molecule has 0 saturated heterocycles. The van der Waals surface area contributed by atoms with Crippen LogP contribution in [0.2, 0.25) is 0 Å². The predicted octanol–water partition coefficient (Wildman–Crippen LogP) is 1.67. The first kappa shape index (κ1) is 15.0. The maximum Gasteiger partial charge on any atom is 0.321 e. The van der Waals surface area contributed by atoms with Crippen molar-refractivity contribution >= 4 is 23.7 Å². The number of urea groups is 1. The minimum absolute atomic E-state index is 0.272. The topological polar surface area (TPSA) is 97.1 Å². The Morgan fingerprint density at radius 2 is 1.95 bits per heavy atom. The van der Waals surface area contributed by atoms with Gasteiger partial charge in [-0.1, -0.05) is 30.0 Å². The van der Waals surface area contributed by atoms with Crippen molar-refractivity contribution < 1.29 is 14.0 Å². The van der Waals surface area contributed by atoms with Crippen LogP contribution < -0.4 is 10.6 Å². The van der Waals surface area contributed by atoms with Gasteiger partial charge in [-0.15, -0.1) is 10.2 Å². The van der Waals surface area contributed by atoms with Crippen LogP contribution >= 0.6 is 11.8 Å². The number of rotatable bonds is 4. The monoisotopic (exact) mass is 306 g/mol. The van der Waals surface area contributed by atoms with Gasteiger partial charge in [0.15, 0.2) is 0 Å². The number of benzene rings is 1. The molecule has 2 rings (SSSR count). The zero-order chi connectivity index (χ0) is 15.2. The van der Waals surface area contributed by atoms with E-state index >= 15 is 0 Å². The molecular weight excluding hydrogens is 292 g/mol. The lowest BCUT2D eigenvalue weighted by molar-refractivity contribution is -0.119. The normalized spacial score (nSPS) is 11.7. The van der Waals surface area contributed by atoms with E-state index in [1.54, 1.807) is 6.92 Å². The highest BCUT2D eigenvalue weighted by atomic mass is 32.2. The molecule has 0 fully saturated rings. The van der Waals surface area contributed by atoms with Crippen molar-refractivity contribution in [1.29, 1.82) is 0 Å². The highest BCUT2D eigenvalue weighted by Gasteiger charge is 2.20. The van der Waals surface area contributed by atoms with E-state index in [2.05, 4.69) is 20.8 Å². The third-order valence-corrected chi connectivity index (χ3v) is 3.47. The number of thioether (sulfide) groups is 1. The standard InChI is InChI=1S/C13H14N4O3S/c1-8(10(18)15-12(19)14-2)21-13-17-16-11(20-13)9-6-4-3-5-7-9/h3-8H,1-2H3,(H2,14,15,18,19). The summed E-state index contributed by atoms with van der Waals surface area (Å²) >= 11 is 1.09. The summed E-state index contributed by atoms with van der Waals surface area (Å²) in [4.78, 5) is 22.8. The molecule has 8 heteroatoms. The molecule has 1 aromatic heterocycles. The smallest absolute Gasteiger partial charge is 0.321 e. The van der Waals surface area contributed by atoms with Crippen LogP contribution in [0.5, 0.6) is 0 Å². The van der Waals surface area contributed by atoms with Crippen molar-refractivity contribution in [3.05, 3.63) is 30.3 Å². The second-order valence-electron chi connectivity index (χ2n) is 4.07. The van der Waals surface area contributed by atoms with Crippen molar-refractivity contribution in [2.45, 2.75) is 17.4 Å². The number of imide groups is 1. The first-order valence-corrected chi connectivity index (χ1v) is 7.06. The molecule has 0 aliphatic rings. The van der Waals surface area contributed by atoms with Crippen LogP contribution in [0.15, 0.2) is 40.0 Å². The minimum atomic E-state index is -0.553. The number of carbonyl (C=O) groups excluding carboxylic acids is 2. The summed E-state index contributed by atoms with van der Waals surface area (Å²) in [6, 6.07) is 8.77. The Bertz CT molecular complexity index is 629. The number of nitrogens with one attached hydrogen (secondary N) is 2. The summed E-state index contributed by atoms with van der Waals surface area (Å²) in [5.41, 5.74) is 0.805. The summed E-state index contributed by atoms with van der Waals surface area (Å²) < 4.78 is 5.48. The van der Waals surface area contributed by atoms with Crippen LogP contribution in [-0.2, 0) is 4.79 Å². The molecule has 0 radical (unpaired) electrons. The van der Waals surface area contributed by atoms with Crippen molar-refractivity contribution in [1.82, 2.24) is 20.8 Å². The quantitative estimate of drug-likeness (QED) is 0.834. The van der Waals surface area contributed by atoms with Crippen LogP contribution in [0.25, 0.3) is 11.5 Å². The van der Waals surface area contributed by atoms with Gasteiger partial charge in [-0.25, -0.2) is 4.79 Å². The SMILES string of the molecule is CNC(=O)NC(=O)C(C)Sc1nnc(-c2ccccc2)o1. The van der Waals surface area contributed by atoms with Gasteiger partial charge in [0, 0.05) is 12.6 Å². The summed E-state index contributed by atoms with van der Waals surface area (Å²) in [6.07, 6.45) is 0. The second-order valence-corrected chi connectivity index (χ2v) is 5.36. The number of hydrogen-bond donors (Lipinski definition) is 2. The lowest BCUT2D eigenvalue weighted by Crippen LogP contribution is -2.41. The third-order valence-electron chi connectivity index (χ3n) is 2.54. The maximum atomic E-state index is 11.7. The van der Waals surface area contributed by atoms with Crippen LogP contribution in [0.3, 0.4) is 0 Å². The molecule has 2 N–H and O–H groups in total. The van der Waals surface area contributed by atoms with Crippen molar-refractivity contribution in [3.63, 3.8) is 0 Å². The van der Waals surface area contributed by atoms with Gasteiger partial charge in [-0.05, 0) is 19.1 Å². The fraction of sp³-hybridized carbons (Fsp3) is 0.231. The zero-order valence-corrected chi connectivity index (χ0v) is 12.3. The van der Waals surface area contributed by atoms with E-state index in [-0.39, 0.29) is 5.22 Å². The molecule has 3 amide bonds. The van der Waals surface area contributed by atoms with Gasteiger partial charge in [-0.3, -0.25) is 10.1 Å². The van der Waals surface area contributed by atoms with E-state index in [1.807, 2.05) is 30.3 Å². The van der Waals surface area contributed by atoms with Crippen molar-refractivity contribution in [3.8, 4) is 11.5 Å². The first-order chi connectivity index (χ1) is 10.1. The van der Waals surface area contributed by atoms with E-state index in [4.69, 9.17) is 4.42 Å². The van der Waals surface area contributed by atoms with E-state index in [0.717, 1.165) is 17.3 Å². The van der Waals surface area contributed by atoms with Gasteiger partial charge in [0.05, 0.1) is 5.25 Å². The summed E-state index contributed by atoms with van der Waals surface area (Å²) in [7, 11) is 1.44. The molecule has 2 aromatic rings. The van der Waals surface area contributed by atoms with Gasteiger partial charge in [0.2, 0.25) is 11.8 Å². The summed E-state index contributed by atoms with van der Waals surface area (Å²) in [5, 5.41) is 12.0. The number of hydrogen-bond acceptors (Lipinski definition) is 6. The Kier molecular flexibility index (Phi) is 4.94. The number of carbonyl (C=O) groups is 2. The average Bonchev–Trinajstić information content (AvgIpc) is 2.96. The molecule has 1 heterocycles. The largest absolute Gasteiger partial charge is 0.411 e. The number of nitrogens with zero attached hydrogens (tertiary/aromatic N) is 2. The Hall–Kier alpha value is -2.35. The molecule has 1 atom stereocenters. The van der Waals surface area contributed by atoms with E-state index < -0.39 is 17.2 Å². The molecule has 1 aromatic carbocycles. The molecule has 0 aliphatic carbocycles. The molecule has 0 bridgehead atoms. The number of amides is 3. The van der Waals surface area contributed by atoms with Gasteiger partial charge in [0.1, 0.15) is 0 Å². The molecular formula is C13H14N4O3S. The van der Waals surface area contributed by atoms with Crippen LogP contribution in [0, 0.1) is 0 Å². The van der Waals surface area contributed by atoms with Crippen LogP contribution in [0.1, 0.15) is 6.92 Å². The van der Waals surface area contributed by atoms with Gasteiger partial charge in [-0.2, -0.15) is 0 Å². The van der Waals surface area contributed by atoms with E-state index in [0.29, 0.717) is 5.89 Å². The molecule has 21 heavy (non-hydrogen) atoms. The Labute approximate surface area is 125 Å². The lowest BCUT2D eigenvalue weighted by atomic mass is 10.2. The Morgan fingerprint density at radius 3 is 2.62 bits per heavy atom.